The van der Waals surface area contributed by atoms with E-state index in [4.69, 9.17) is 19.4 Å². The van der Waals surface area contributed by atoms with Crippen molar-refractivity contribution in [2.45, 2.75) is 49.3 Å². The highest BCUT2D eigenvalue weighted by molar-refractivity contribution is 8.00. The molecule has 3 aromatic heterocycles. The minimum Gasteiger partial charge on any atom is -0.477 e. The fourth-order valence-electron chi connectivity index (χ4n) is 6.47. The molecule has 0 radical (unpaired) electrons. The molecule has 3 aliphatic heterocycles. The SMILES string of the molecule is Nc1ccnc2c1ncn2[C@@H]1O[C@H](COS(=O)(=O)NCc2ccc(NC(=O)OCC3=C(C(=O)O)N4C(=O)[C@@H](CC(=O)Cc5cccs5)[C@H]4SC3)cc2)[C@@H](O)[C@H]1O. The number of β-lactam (4-membered cyclic amide) rings is 1. The van der Waals surface area contributed by atoms with Gasteiger partial charge in [0, 0.05) is 47.5 Å². The third-order valence-electron chi connectivity index (χ3n) is 9.28. The summed E-state index contributed by atoms with van der Waals surface area (Å²) in [7, 11) is -4.35. The minimum absolute atomic E-state index is 0.0130. The fraction of sp³-hybridized carbons (Fsp3) is 0.353. The number of aromatic nitrogens is 3. The largest absolute Gasteiger partial charge is 0.477 e. The zero-order chi connectivity index (χ0) is 39.7. The van der Waals surface area contributed by atoms with Gasteiger partial charge in [-0.15, -0.1) is 23.1 Å². The Morgan fingerprint density at radius 3 is 2.61 bits per heavy atom. The molecule has 0 saturated carbocycles. The van der Waals surface area contributed by atoms with Gasteiger partial charge in [0.15, 0.2) is 11.9 Å². The maximum absolute atomic E-state index is 13.0. The quantitative estimate of drug-likeness (QED) is 0.0923. The van der Waals surface area contributed by atoms with Gasteiger partial charge in [0.1, 0.15) is 41.9 Å². The van der Waals surface area contributed by atoms with E-state index in [1.54, 1.807) is 6.07 Å². The van der Waals surface area contributed by atoms with Crippen LogP contribution >= 0.6 is 23.1 Å². The maximum Gasteiger partial charge on any atom is 0.411 e. The van der Waals surface area contributed by atoms with Crippen molar-refractivity contribution in [3.05, 3.63) is 82.1 Å². The number of ether oxygens (including phenoxy) is 2. The van der Waals surface area contributed by atoms with Gasteiger partial charge < -0.3 is 30.5 Å². The number of carboxylic acids is 1. The fourth-order valence-corrected chi connectivity index (χ4v) is 9.34. The molecule has 4 aromatic rings. The van der Waals surface area contributed by atoms with Crippen molar-refractivity contribution in [3.63, 3.8) is 0 Å². The predicted octanol–water partition coefficient (Wildman–Crippen LogP) is 1.37. The van der Waals surface area contributed by atoms with Crippen LogP contribution in [0.1, 0.15) is 23.1 Å². The number of thiophene rings is 1. The topological polar surface area (TPSA) is 275 Å². The van der Waals surface area contributed by atoms with E-state index in [1.807, 2.05) is 17.5 Å². The number of hydrogen-bond donors (Lipinski definition) is 6. The molecule has 0 aliphatic carbocycles. The Labute approximate surface area is 326 Å². The Morgan fingerprint density at radius 2 is 1.88 bits per heavy atom. The zero-order valence-corrected chi connectivity index (χ0v) is 31.5. The van der Waals surface area contributed by atoms with Crippen molar-refractivity contribution in [1.82, 2.24) is 24.2 Å². The van der Waals surface area contributed by atoms with Crippen molar-refractivity contribution in [1.29, 1.82) is 0 Å². The highest BCUT2D eigenvalue weighted by Crippen LogP contribution is 2.45. The van der Waals surface area contributed by atoms with E-state index in [-0.39, 0.29) is 42.2 Å². The number of ketones is 1. The van der Waals surface area contributed by atoms with Crippen LogP contribution in [0.4, 0.5) is 16.2 Å². The number of carbonyl (C=O) groups excluding carboxylic acids is 3. The molecule has 7 N–H and O–H groups in total. The lowest BCUT2D eigenvalue weighted by Gasteiger charge is -2.49. The number of benzene rings is 1. The van der Waals surface area contributed by atoms with E-state index in [0.717, 1.165) is 9.78 Å². The highest BCUT2D eigenvalue weighted by atomic mass is 32.2. The molecule has 2 fully saturated rings. The predicted molar refractivity (Wildman–Crippen MR) is 200 cm³/mol. The van der Waals surface area contributed by atoms with Gasteiger partial charge in [-0.05, 0) is 35.2 Å². The number of nitrogens with two attached hydrogens (primary N) is 1. The number of nitrogen functional groups attached to an aromatic ring is 1. The first-order valence-corrected chi connectivity index (χ1v) is 20.3. The van der Waals surface area contributed by atoms with E-state index >= 15 is 0 Å². The van der Waals surface area contributed by atoms with Gasteiger partial charge in [-0.25, -0.2) is 19.6 Å². The van der Waals surface area contributed by atoms with Gasteiger partial charge in [0.25, 0.3) is 0 Å². The Balaban J connectivity index is 0.862. The van der Waals surface area contributed by atoms with Crippen LogP contribution in [0.2, 0.25) is 0 Å². The molecular weight excluding hydrogens is 795 g/mol. The second-order valence-electron chi connectivity index (χ2n) is 13.0. The summed E-state index contributed by atoms with van der Waals surface area (Å²) < 4.78 is 44.9. The molecule has 0 bridgehead atoms. The number of thioether (sulfide) groups is 1. The molecule has 22 heteroatoms. The van der Waals surface area contributed by atoms with Gasteiger partial charge >= 0.3 is 22.4 Å². The highest BCUT2D eigenvalue weighted by Gasteiger charge is 2.54. The summed E-state index contributed by atoms with van der Waals surface area (Å²) in [5.41, 5.74) is 7.68. The Bertz CT molecular complexity index is 2280. The van der Waals surface area contributed by atoms with Crippen molar-refractivity contribution >= 4 is 79.7 Å². The van der Waals surface area contributed by atoms with Gasteiger partial charge in [-0.1, -0.05) is 18.2 Å². The molecule has 296 valence electrons. The van der Waals surface area contributed by atoms with Gasteiger partial charge in [0.2, 0.25) is 5.91 Å². The number of carbonyl (C=O) groups is 4. The number of pyridine rings is 1. The van der Waals surface area contributed by atoms with Crippen LogP contribution in [0.25, 0.3) is 11.2 Å². The molecule has 7 rings (SSSR count). The second-order valence-corrected chi connectivity index (χ2v) is 16.6. The summed E-state index contributed by atoms with van der Waals surface area (Å²) in [5, 5.41) is 34.9. The van der Waals surface area contributed by atoms with Gasteiger partial charge in [-0.3, -0.25) is 28.6 Å². The molecular formula is C34H35N7O12S3. The number of nitrogens with zero attached hydrogens (tertiary/aromatic N) is 4. The molecule has 6 heterocycles. The van der Waals surface area contributed by atoms with Crippen LogP contribution in [0, 0.1) is 5.92 Å². The van der Waals surface area contributed by atoms with Crippen molar-refractivity contribution < 1.29 is 56.6 Å². The number of imidazole rings is 1. The smallest absolute Gasteiger partial charge is 0.411 e. The average molecular weight is 830 g/mol. The number of Topliss-reactive ketones (excluding diaryl/α,β-unsaturated/α-hetero) is 1. The number of amides is 2. The minimum atomic E-state index is -4.35. The van der Waals surface area contributed by atoms with Crippen LogP contribution in [0.15, 0.2) is 71.6 Å². The number of hydrogen-bond acceptors (Lipinski definition) is 16. The molecule has 1 aromatic carbocycles. The number of aliphatic carboxylic acids is 1. The molecule has 0 unspecified atom stereocenters. The summed E-state index contributed by atoms with van der Waals surface area (Å²) >= 11 is 2.75. The van der Waals surface area contributed by atoms with Crippen LogP contribution < -0.4 is 15.8 Å². The van der Waals surface area contributed by atoms with E-state index in [1.165, 1.54) is 64.5 Å². The van der Waals surface area contributed by atoms with Gasteiger partial charge in [0.05, 0.1) is 29.9 Å². The first-order chi connectivity index (χ1) is 26.8. The van der Waals surface area contributed by atoms with Crippen LogP contribution in [-0.4, -0.2) is 110 Å². The first-order valence-electron chi connectivity index (χ1n) is 17.0. The maximum atomic E-state index is 13.0. The second kappa shape index (κ2) is 16.3. The third-order valence-corrected chi connectivity index (χ3v) is 12.5. The molecule has 19 nitrogen and oxygen atoms in total. The number of anilines is 2. The number of nitrogens with one attached hydrogen (secondary N) is 2. The molecule has 6 atom stereocenters. The molecule has 0 spiro atoms. The molecule has 56 heavy (non-hydrogen) atoms. The Hall–Kier alpha value is -4.94. The van der Waals surface area contributed by atoms with Crippen LogP contribution in [-0.2, 0) is 51.3 Å². The standard InChI is InChI=1S/C34H35N7O12S3/c35-23-7-8-36-29-25(23)37-16-40(29)31-28(44)27(43)24(53-31)14-52-56(49,50)38-12-17-3-5-19(6-4-17)39-34(48)51-13-18-15-55-32-22(30(45)41(32)26(18)33(46)47)11-20(42)10-21-2-1-9-54-21/h1-9,16,22,24,27-28,31-32,38,43-44H,10-15H2,(H2,35,36)(H,39,48)(H,46,47)/t22-,24-,27-,28-,31-,32-/m1/s1. The number of fused-ring (bicyclic) bond motifs is 2. The summed E-state index contributed by atoms with van der Waals surface area (Å²) in [5.74, 6) is -2.36. The lowest BCUT2D eigenvalue weighted by Crippen LogP contribution is -2.62. The van der Waals surface area contributed by atoms with E-state index in [0.29, 0.717) is 28.1 Å². The summed E-state index contributed by atoms with van der Waals surface area (Å²) in [6.07, 6.45) is -3.18. The number of rotatable bonds is 15. The molecule has 3 aliphatic rings. The number of aliphatic hydroxyl groups excluding tert-OH is 2. The van der Waals surface area contributed by atoms with Crippen LogP contribution in [0.3, 0.4) is 0 Å². The number of carboxylic acid groups (broad SMARTS) is 1. The Kier molecular flexibility index (Phi) is 11.4. The summed E-state index contributed by atoms with van der Waals surface area (Å²) in [4.78, 5) is 60.7. The normalized spacial score (nSPS) is 23.5. The summed E-state index contributed by atoms with van der Waals surface area (Å²) in [6, 6.07) is 11.3. The zero-order valence-electron chi connectivity index (χ0n) is 29.1. The molecule has 2 saturated heterocycles. The lowest BCUT2D eigenvalue weighted by atomic mass is 9.89. The number of aliphatic hydroxyl groups is 2. The monoisotopic (exact) mass is 829 g/mol. The lowest BCUT2D eigenvalue weighted by molar-refractivity contribution is -0.154. The van der Waals surface area contributed by atoms with Crippen molar-refractivity contribution in [2.75, 3.05) is 30.0 Å². The Morgan fingerprint density at radius 1 is 1.09 bits per heavy atom. The first kappa shape index (κ1) is 39.3. The van der Waals surface area contributed by atoms with E-state index in [9.17, 15) is 42.9 Å². The summed E-state index contributed by atoms with van der Waals surface area (Å²) in [6.45, 7) is -1.22. The van der Waals surface area contributed by atoms with Crippen molar-refractivity contribution in [2.24, 2.45) is 5.92 Å². The van der Waals surface area contributed by atoms with Gasteiger partial charge in [-0.2, -0.15) is 13.1 Å². The van der Waals surface area contributed by atoms with Crippen LogP contribution in [0.5, 0.6) is 0 Å². The average Bonchev–Trinajstić information content (AvgIpc) is 3.91. The van der Waals surface area contributed by atoms with E-state index < -0.39 is 77.3 Å². The molecule has 2 amide bonds. The van der Waals surface area contributed by atoms with E-state index in [2.05, 4.69) is 20.0 Å². The third kappa shape index (κ3) is 8.27. The van der Waals surface area contributed by atoms with Crippen molar-refractivity contribution in [3.8, 4) is 0 Å².